The zero-order valence-electron chi connectivity index (χ0n) is 12.0. The van der Waals surface area contributed by atoms with E-state index >= 15 is 0 Å². The first-order chi connectivity index (χ1) is 10.3. The Hall–Kier alpha value is -1.54. The second-order valence-electron chi connectivity index (χ2n) is 4.54. The smallest absolute Gasteiger partial charge is 0.166 e. The van der Waals surface area contributed by atoms with E-state index < -0.39 is 0 Å². The molecule has 6 nitrogen and oxygen atoms in total. The molecular weight excluding hydrogens is 304 g/mol. The molecule has 21 heavy (non-hydrogen) atoms. The van der Waals surface area contributed by atoms with Gasteiger partial charge in [-0.15, -0.1) is 0 Å². The number of H-pyrrole nitrogens is 2. The van der Waals surface area contributed by atoms with Gasteiger partial charge in [-0.05, 0) is 19.1 Å². The van der Waals surface area contributed by atoms with Crippen LogP contribution < -0.4 is 10.6 Å². The van der Waals surface area contributed by atoms with Crippen molar-refractivity contribution < 1.29 is 0 Å². The van der Waals surface area contributed by atoms with Gasteiger partial charge in [0.25, 0.3) is 0 Å². The molecule has 0 spiro atoms. The van der Waals surface area contributed by atoms with Crippen molar-refractivity contribution >= 4 is 29.1 Å². The van der Waals surface area contributed by atoms with Crippen molar-refractivity contribution in [1.82, 2.24) is 30.6 Å². The second-order valence-corrected chi connectivity index (χ2v) is 6.05. The molecule has 0 fully saturated rings. The lowest BCUT2D eigenvalue weighted by Gasteiger charge is -2.09. The summed E-state index contributed by atoms with van der Waals surface area (Å²) in [5, 5.41) is 7.08. The molecule has 0 aliphatic rings. The van der Waals surface area contributed by atoms with Gasteiger partial charge in [-0.1, -0.05) is 0 Å². The van der Waals surface area contributed by atoms with E-state index in [0.29, 0.717) is 5.11 Å². The van der Waals surface area contributed by atoms with Gasteiger partial charge in [0, 0.05) is 48.6 Å². The Morgan fingerprint density at radius 1 is 1.29 bits per heavy atom. The minimum atomic E-state index is 0.700. The third kappa shape index (κ3) is 5.76. The summed E-state index contributed by atoms with van der Waals surface area (Å²) in [7, 11) is 0. The Labute approximate surface area is 133 Å². The normalized spacial score (nSPS) is 10.5. The average Bonchev–Trinajstić information content (AvgIpc) is 3.11. The molecule has 114 valence electrons. The fraction of sp³-hybridized carbons (Fsp3) is 0.462. The monoisotopic (exact) mass is 324 g/mol. The van der Waals surface area contributed by atoms with Gasteiger partial charge in [0.1, 0.15) is 0 Å². The van der Waals surface area contributed by atoms with Crippen molar-refractivity contribution in [3.05, 3.63) is 35.9 Å². The van der Waals surface area contributed by atoms with Crippen LogP contribution in [0.3, 0.4) is 0 Å². The maximum atomic E-state index is 5.22. The van der Waals surface area contributed by atoms with Crippen molar-refractivity contribution in [2.45, 2.75) is 19.1 Å². The van der Waals surface area contributed by atoms with E-state index in [1.165, 1.54) is 0 Å². The maximum Gasteiger partial charge on any atom is 0.166 e. The van der Waals surface area contributed by atoms with E-state index in [1.54, 1.807) is 12.7 Å². The summed E-state index contributed by atoms with van der Waals surface area (Å²) in [6.07, 6.45) is 6.13. The van der Waals surface area contributed by atoms with Gasteiger partial charge in [-0.2, -0.15) is 11.8 Å². The van der Waals surface area contributed by atoms with Gasteiger partial charge >= 0.3 is 0 Å². The molecule has 0 atom stereocenters. The van der Waals surface area contributed by atoms with Crippen molar-refractivity contribution in [2.24, 2.45) is 0 Å². The van der Waals surface area contributed by atoms with Crippen LogP contribution in [0, 0.1) is 6.92 Å². The van der Waals surface area contributed by atoms with E-state index in [2.05, 4.69) is 30.6 Å². The van der Waals surface area contributed by atoms with Crippen LogP contribution in [0.2, 0.25) is 0 Å². The molecule has 0 aromatic carbocycles. The molecule has 0 bridgehead atoms. The lowest BCUT2D eigenvalue weighted by Crippen LogP contribution is -2.37. The van der Waals surface area contributed by atoms with E-state index in [1.807, 2.05) is 24.9 Å². The molecule has 2 aromatic rings. The van der Waals surface area contributed by atoms with Gasteiger partial charge in [0.2, 0.25) is 0 Å². The number of aryl methyl sites for hydroxylation is 1. The van der Waals surface area contributed by atoms with Crippen LogP contribution in [0.15, 0.2) is 18.9 Å². The largest absolute Gasteiger partial charge is 0.362 e. The molecule has 0 aliphatic heterocycles. The summed E-state index contributed by atoms with van der Waals surface area (Å²) in [4.78, 5) is 14.4. The van der Waals surface area contributed by atoms with Crippen molar-refractivity contribution in [3.8, 4) is 0 Å². The first-order valence-electron chi connectivity index (χ1n) is 6.81. The molecule has 2 rings (SSSR count). The molecule has 0 radical (unpaired) electrons. The number of nitrogens with zero attached hydrogens (tertiary/aromatic N) is 2. The fourth-order valence-corrected chi connectivity index (χ4v) is 2.81. The van der Waals surface area contributed by atoms with Gasteiger partial charge in [-0.25, -0.2) is 9.97 Å². The molecule has 4 N–H and O–H groups in total. The van der Waals surface area contributed by atoms with Gasteiger partial charge in [0.05, 0.1) is 18.3 Å². The molecule has 0 saturated heterocycles. The van der Waals surface area contributed by atoms with Crippen LogP contribution in [-0.2, 0) is 12.2 Å². The third-order valence-corrected chi connectivity index (χ3v) is 4.20. The lowest BCUT2D eigenvalue weighted by molar-refractivity contribution is 0.819. The van der Waals surface area contributed by atoms with E-state index in [9.17, 15) is 0 Å². The van der Waals surface area contributed by atoms with E-state index in [0.717, 1.165) is 48.1 Å². The first-order valence-corrected chi connectivity index (χ1v) is 8.37. The first kappa shape index (κ1) is 15.8. The Balaban J connectivity index is 1.48. The van der Waals surface area contributed by atoms with Gasteiger partial charge in [0.15, 0.2) is 5.11 Å². The zero-order chi connectivity index (χ0) is 14.9. The number of rotatable bonds is 8. The summed E-state index contributed by atoms with van der Waals surface area (Å²) in [5.41, 5.74) is 3.38. The topological polar surface area (TPSA) is 81.4 Å². The molecule has 2 aromatic heterocycles. The van der Waals surface area contributed by atoms with E-state index in [4.69, 9.17) is 12.2 Å². The number of thioether (sulfide) groups is 1. The average molecular weight is 324 g/mol. The number of hydrogen-bond donors (Lipinski definition) is 4. The summed E-state index contributed by atoms with van der Waals surface area (Å²) in [5.74, 6) is 1.92. The quantitative estimate of drug-likeness (QED) is 0.434. The molecule has 0 amide bonds. The summed E-state index contributed by atoms with van der Waals surface area (Å²) in [6.45, 7) is 3.69. The highest BCUT2D eigenvalue weighted by Crippen LogP contribution is 2.11. The molecule has 0 saturated carbocycles. The molecule has 2 heterocycles. The van der Waals surface area contributed by atoms with Crippen molar-refractivity contribution in [2.75, 3.05) is 18.8 Å². The Morgan fingerprint density at radius 3 is 2.86 bits per heavy atom. The minimum Gasteiger partial charge on any atom is -0.362 e. The van der Waals surface area contributed by atoms with Crippen LogP contribution in [0.1, 0.15) is 17.1 Å². The van der Waals surface area contributed by atoms with E-state index in [-0.39, 0.29) is 0 Å². The predicted octanol–water partition coefficient (Wildman–Crippen LogP) is 1.38. The van der Waals surface area contributed by atoms with Gasteiger partial charge < -0.3 is 20.6 Å². The van der Waals surface area contributed by atoms with Crippen LogP contribution >= 0.6 is 24.0 Å². The highest BCUT2D eigenvalue weighted by Gasteiger charge is 2.01. The number of aromatic amines is 2. The summed E-state index contributed by atoms with van der Waals surface area (Å²) < 4.78 is 0. The zero-order valence-corrected chi connectivity index (χ0v) is 13.6. The third-order valence-electron chi connectivity index (χ3n) is 2.94. The number of aromatic nitrogens is 4. The Kier molecular flexibility index (Phi) is 6.55. The second kappa shape index (κ2) is 8.68. The fourth-order valence-electron chi connectivity index (χ4n) is 1.73. The number of nitrogens with one attached hydrogen (secondary N) is 4. The Bertz CT molecular complexity index is 537. The summed E-state index contributed by atoms with van der Waals surface area (Å²) in [6, 6.07) is 0. The maximum absolute atomic E-state index is 5.22. The molecule has 0 aliphatic carbocycles. The van der Waals surface area contributed by atoms with Crippen LogP contribution in [0.5, 0.6) is 0 Å². The van der Waals surface area contributed by atoms with Gasteiger partial charge in [-0.3, -0.25) is 0 Å². The predicted molar refractivity (Wildman–Crippen MR) is 90.4 cm³/mol. The van der Waals surface area contributed by atoms with Crippen LogP contribution in [-0.4, -0.2) is 43.9 Å². The molecular formula is C13H20N6S2. The SMILES string of the molecule is Cc1[nH]cnc1CSCCNC(=S)NCCc1cnc[nH]1. The van der Waals surface area contributed by atoms with Crippen LogP contribution in [0.4, 0.5) is 0 Å². The summed E-state index contributed by atoms with van der Waals surface area (Å²) >= 11 is 7.07. The van der Waals surface area contributed by atoms with Crippen LogP contribution in [0.25, 0.3) is 0 Å². The number of thiocarbonyl (C=S) groups is 1. The minimum absolute atomic E-state index is 0.700. The van der Waals surface area contributed by atoms with Crippen molar-refractivity contribution in [3.63, 3.8) is 0 Å². The Morgan fingerprint density at radius 2 is 2.14 bits per heavy atom. The number of hydrogen-bond acceptors (Lipinski definition) is 4. The number of imidazole rings is 2. The molecule has 0 unspecified atom stereocenters. The molecule has 8 heteroatoms. The van der Waals surface area contributed by atoms with Crippen molar-refractivity contribution in [1.29, 1.82) is 0 Å². The lowest BCUT2D eigenvalue weighted by atomic mass is 10.3. The highest BCUT2D eigenvalue weighted by atomic mass is 32.2. The standard InChI is InChI=1S/C13H20N6S2/c1-10-12(19-9-17-10)7-21-5-4-16-13(20)15-3-2-11-6-14-8-18-11/h6,8-9H,2-5,7H2,1H3,(H,14,18)(H,17,19)(H2,15,16,20). The highest BCUT2D eigenvalue weighted by molar-refractivity contribution is 7.98.